The Labute approximate surface area is 241 Å². The van der Waals surface area contributed by atoms with Crippen molar-refractivity contribution in [3.63, 3.8) is 0 Å². The molecular formula is C35H52O2Si2. The van der Waals surface area contributed by atoms with Crippen LogP contribution in [0, 0.1) is 5.92 Å². The summed E-state index contributed by atoms with van der Waals surface area (Å²) in [5, 5.41) is 2.89. The first-order valence-electron chi connectivity index (χ1n) is 14.7. The van der Waals surface area contributed by atoms with Crippen molar-refractivity contribution in [2.75, 3.05) is 6.61 Å². The molecule has 0 bridgehead atoms. The fraction of sp³-hybridized carbons (Fsp3) is 0.486. The molecule has 0 aliphatic rings. The van der Waals surface area contributed by atoms with Crippen LogP contribution in [0.2, 0.25) is 23.2 Å². The number of hydrogen-bond acceptors (Lipinski definition) is 2. The van der Waals surface area contributed by atoms with Gasteiger partial charge in [0.2, 0.25) is 0 Å². The average molecular weight is 561 g/mol. The van der Waals surface area contributed by atoms with Crippen molar-refractivity contribution in [3.05, 3.63) is 96.6 Å². The predicted octanol–water partition coefficient (Wildman–Crippen LogP) is 8.61. The lowest BCUT2D eigenvalue weighted by atomic mass is 9.96. The van der Waals surface area contributed by atoms with Crippen LogP contribution in [0.15, 0.2) is 91.0 Å². The Balaban J connectivity index is 1.79. The molecule has 0 aliphatic carbocycles. The minimum atomic E-state index is -2.50. The quantitative estimate of drug-likeness (QED) is 0.206. The molecule has 2 nitrogen and oxygen atoms in total. The van der Waals surface area contributed by atoms with Gasteiger partial charge in [0.25, 0.3) is 8.32 Å². The van der Waals surface area contributed by atoms with Crippen molar-refractivity contribution in [1.29, 1.82) is 0 Å². The number of benzene rings is 3. The van der Waals surface area contributed by atoms with Gasteiger partial charge >= 0.3 is 0 Å². The van der Waals surface area contributed by atoms with Crippen LogP contribution in [-0.4, -0.2) is 29.3 Å². The predicted molar refractivity (Wildman–Crippen MR) is 174 cm³/mol. The molecule has 0 aliphatic heterocycles. The second-order valence-corrected chi connectivity index (χ2v) is 22.9. The molecule has 0 N–H and O–H groups in total. The van der Waals surface area contributed by atoms with Crippen molar-refractivity contribution < 1.29 is 8.85 Å². The highest BCUT2D eigenvalue weighted by Gasteiger charge is 2.50. The van der Waals surface area contributed by atoms with E-state index in [1.54, 1.807) is 0 Å². The van der Waals surface area contributed by atoms with E-state index < -0.39 is 16.6 Å². The molecule has 0 saturated carbocycles. The highest BCUT2D eigenvalue weighted by atomic mass is 28.4. The van der Waals surface area contributed by atoms with Crippen LogP contribution in [0.1, 0.15) is 66.9 Å². The molecule has 0 spiro atoms. The fourth-order valence-corrected chi connectivity index (χ4v) is 11.3. The van der Waals surface area contributed by atoms with Gasteiger partial charge in [0.05, 0.1) is 0 Å². The van der Waals surface area contributed by atoms with Crippen molar-refractivity contribution in [2.45, 2.75) is 97.0 Å². The minimum Gasteiger partial charge on any atom is -0.414 e. The molecule has 0 aromatic heterocycles. The van der Waals surface area contributed by atoms with Crippen LogP contribution in [0.25, 0.3) is 0 Å². The molecule has 0 fully saturated rings. The van der Waals surface area contributed by atoms with Gasteiger partial charge in [-0.15, -0.1) is 0 Å². The summed E-state index contributed by atoms with van der Waals surface area (Å²) >= 11 is 0. The van der Waals surface area contributed by atoms with E-state index in [1.807, 2.05) is 0 Å². The van der Waals surface area contributed by atoms with Crippen molar-refractivity contribution in [3.8, 4) is 0 Å². The van der Waals surface area contributed by atoms with E-state index in [9.17, 15) is 0 Å². The first-order chi connectivity index (χ1) is 18.3. The molecular weight excluding hydrogens is 509 g/mol. The summed E-state index contributed by atoms with van der Waals surface area (Å²) in [6.07, 6.45) is 3.26. The van der Waals surface area contributed by atoms with Gasteiger partial charge in [-0.25, -0.2) is 0 Å². The largest absolute Gasteiger partial charge is 0.414 e. The van der Waals surface area contributed by atoms with Crippen LogP contribution in [0.5, 0.6) is 0 Å². The number of rotatable bonds is 12. The van der Waals surface area contributed by atoms with Crippen LogP contribution >= 0.6 is 0 Å². The Hall–Kier alpha value is -1.99. The van der Waals surface area contributed by atoms with E-state index in [0.717, 1.165) is 25.9 Å². The van der Waals surface area contributed by atoms with Crippen molar-refractivity contribution in [1.82, 2.24) is 0 Å². The summed E-state index contributed by atoms with van der Waals surface area (Å²) < 4.78 is 14.2. The molecule has 2 atom stereocenters. The molecule has 0 radical (unpaired) electrons. The van der Waals surface area contributed by atoms with E-state index >= 15 is 0 Å². The summed E-state index contributed by atoms with van der Waals surface area (Å²) in [4.78, 5) is 0. The SMILES string of the molecule is C[C@H](CCO[Si](c1ccccc1)(c1ccccc1)C(C)(C)C)C[C@@H](Cc1ccccc1)O[Si](C)(C)C(C)(C)C. The Morgan fingerprint density at radius 1 is 0.667 bits per heavy atom. The molecule has 0 unspecified atom stereocenters. The topological polar surface area (TPSA) is 18.5 Å². The molecule has 0 saturated heterocycles. The van der Waals surface area contributed by atoms with E-state index in [1.165, 1.54) is 15.9 Å². The third-order valence-corrected chi connectivity index (χ3v) is 18.2. The van der Waals surface area contributed by atoms with Gasteiger partial charge in [-0.2, -0.15) is 0 Å². The second kappa shape index (κ2) is 13.1. The summed E-state index contributed by atoms with van der Waals surface area (Å²) in [5.74, 6) is 0.502. The highest BCUT2D eigenvalue weighted by molar-refractivity contribution is 6.99. The molecule has 4 heteroatoms. The van der Waals surface area contributed by atoms with Crippen molar-refractivity contribution in [2.24, 2.45) is 5.92 Å². The second-order valence-electron chi connectivity index (χ2n) is 13.8. The zero-order chi connectivity index (χ0) is 28.7. The van der Waals surface area contributed by atoms with Crippen molar-refractivity contribution >= 4 is 27.0 Å². The Kier molecular flexibility index (Phi) is 10.6. The van der Waals surface area contributed by atoms with Crippen LogP contribution in [0.4, 0.5) is 0 Å². The van der Waals surface area contributed by atoms with Crippen LogP contribution in [0.3, 0.4) is 0 Å². The molecule has 3 aromatic rings. The Morgan fingerprint density at radius 2 is 1.13 bits per heavy atom. The fourth-order valence-electron chi connectivity index (χ4n) is 5.38. The highest BCUT2D eigenvalue weighted by Crippen LogP contribution is 2.39. The summed E-state index contributed by atoms with van der Waals surface area (Å²) in [6.45, 7) is 21.9. The lowest BCUT2D eigenvalue weighted by molar-refractivity contribution is 0.144. The van der Waals surface area contributed by atoms with Crippen LogP contribution < -0.4 is 10.4 Å². The standard InChI is InChI=1S/C35H52O2Si2/c1-29(27-31(28-30-19-13-10-14-20-30)37-38(8,9)34(2,3)4)25-26-36-39(35(5,6)7,32-21-15-11-16-22-32)33-23-17-12-18-24-33/h10-24,29,31H,25-28H2,1-9H3/t29-,31+/m1/s1. The van der Waals surface area contributed by atoms with E-state index in [0.29, 0.717) is 5.92 Å². The van der Waals surface area contributed by atoms with Gasteiger partial charge in [0, 0.05) is 12.7 Å². The first kappa shape index (κ1) is 31.5. The maximum atomic E-state index is 7.20. The monoisotopic (exact) mass is 560 g/mol. The maximum absolute atomic E-state index is 7.20. The Bertz CT molecular complexity index is 1080. The minimum absolute atomic E-state index is 0.000231. The normalized spacial score (nSPS) is 14.7. The van der Waals surface area contributed by atoms with Crippen LogP contribution in [-0.2, 0) is 15.3 Å². The summed E-state index contributed by atoms with van der Waals surface area (Å²) in [5.41, 5.74) is 1.36. The third-order valence-electron chi connectivity index (χ3n) is 8.58. The summed E-state index contributed by atoms with van der Waals surface area (Å²) in [6, 6.07) is 32.8. The average Bonchev–Trinajstić information content (AvgIpc) is 2.86. The van der Waals surface area contributed by atoms with Gasteiger partial charge in [0.15, 0.2) is 8.32 Å². The number of hydrogen-bond donors (Lipinski definition) is 0. The van der Waals surface area contributed by atoms with Gasteiger partial charge < -0.3 is 8.85 Å². The van der Waals surface area contributed by atoms with E-state index in [4.69, 9.17) is 8.85 Å². The maximum Gasteiger partial charge on any atom is 0.261 e. The Morgan fingerprint density at radius 3 is 1.56 bits per heavy atom. The lowest BCUT2D eigenvalue weighted by Gasteiger charge is -2.43. The van der Waals surface area contributed by atoms with E-state index in [2.05, 4.69) is 153 Å². The zero-order valence-electron chi connectivity index (χ0n) is 26.0. The lowest BCUT2D eigenvalue weighted by Crippen LogP contribution is -2.66. The van der Waals surface area contributed by atoms with Gasteiger partial charge in [0.1, 0.15) is 0 Å². The van der Waals surface area contributed by atoms with Gasteiger partial charge in [-0.3, -0.25) is 0 Å². The van der Waals surface area contributed by atoms with Gasteiger partial charge in [-0.1, -0.05) is 139 Å². The first-order valence-corrected chi connectivity index (χ1v) is 19.5. The molecule has 212 valence electrons. The smallest absolute Gasteiger partial charge is 0.261 e. The molecule has 39 heavy (non-hydrogen) atoms. The third kappa shape index (κ3) is 8.03. The molecule has 3 aromatic carbocycles. The summed E-state index contributed by atoms with van der Waals surface area (Å²) in [7, 11) is -4.39. The molecule has 3 rings (SSSR count). The van der Waals surface area contributed by atoms with Gasteiger partial charge in [-0.05, 0) is 64.3 Å². The molecule has 0 amide bonds. The zero-order valence-corrected chi connectivity index (χ0v) is 28.0. The van der Waals surface area contributed by atoms with E-state index in [-0.39, 0.29) is 16.2 Å². The molecule has 0 heterocycles.